The smallest absolute Gasteiger partial charge is 0.408 e. The molecule has 49 heavy (non-hydrogen) atoms. The number of esters is 1. The Balaban J connectivity index is 1.31. The molecule has 4 aliphatic rings. The fourth-order valence-electron chi connectivity index (χ4n) is 7.40. The molecular weight excluding hydrogens is 632 g/mol. The van der Waals surface area contributed by atoms with E-state index in [0.717, 1.165) is 50.5 Å². The number of ether oxygens (including phenoxy) is 3. The number of rotatable bonds is 6. The van der Waals surface area contributed by atoms with Crippen LogP contribution >= 0.6 is 0 Å². The SMILES string of the molecule is COC(=O)[C@@]12C[C@@H]1/C=C\CCCCC[C@H](NC(=O)OC1CCCC1)C(=O)N1C[C@H](Oc3cc(C(=O)O)nc4c(C)cccc34)C[C@H]1C(=O)N2. The molecule has 1 aromatic carbocycles. The van der Waals surface area contributed by atoms with Gasteiger partial charge in [-0.25, -0.2) is 19.4 Å². The fourth-order valence-corrected chi connectivity index (χ4v) is 7.40. The van der Waals surface area contributed by atoms with E-state index in [1.165, 1.54) is 18.1 Å². The van der Waals surface area contributed by atoms with Crippen molar-refractivity contribution >= 4 is 40.7 Å². The number of amides is 3. The lowest BCUT2D eigenvalue weighted by atomic mass is 10.0. The molecule has 0 radical (unpaired) electrons. The fraction of sp³-hybridized carbons (Fsp3) is 0.556. The third kappa shape index (κ3) is 7.35. The maximum atomic E-state index is 14.4. The van der Waals surface area contributed by atoms with E-state index in [-0.39, 0.29) is 36.4 Å². The highest BCUT2D eigenvalue weighted by molar-refractivity contribution is 5.97. The Hall–Kier alpha value is -4.68. The van der Waals surface area contributed by atoms with Gasteiger partial charge in [-0.2, -0.15) is 0 Å². The summed E-state index contributed by atoms with van der Waals surface area (Å²) in [5.74, 6) is -2.75. The van der Waals surface area contributed by atoms with E-state index >= 15 is 0 Å². The number of carboxylic acids is 1. The summed E-state index contributed by atoms with van der Waals surface area (Å²) in [5, 5.41) is 16.1. The molecule has 0 bridgehead atoms. The van der Waals surface area contributed by atoms with Gasteiger partial charge in [-0.3, -0.25) is 9.59 Å². The van der Waals surface area contributed by atoms with E-state index in [1.807, 2.05) is 31.2 Å². The number of aromatic nitrogens is 1. The number of aryl methyl sites for hydroxylation is 1. The molecule has 0 spiro atoms. The van der Waals surface area contributed by atoms with Gasteiger partial charge < -0.3 is 34.9 Å². The minimum absolute atomic E-state index is 0.0145. The summed E-state index contributed by atoms with van der Waals surface area (Å²) in [5.41, 5.74) is -0.208. The highest BCUT2D eigenvalue weighted by Gasteiger charge is 2.62. The van der Waals surface area contributed by atoms with Crippen molar-refractivity contribution in [2.24, 2.45) is 5.92 Å². The van der Waals surface area contributed by atoms with Gasteiger partial charge in [0, 0.05) is 23.8 Å². The van der Waals surface area contributed by atoms with E-state index in [0.29, 0.717) is 30.2 Å². The Kier molecular flexibility index (Phi) is 10.1. The molecule has 2 saturated carbocycles. The van der Waals surface area contributed by atoms with E-state index in [2.05, 4.69) is 15.6 Å². The molecular formula is C36H44N4O9. The van der Waals surface area contributed by atoms with Gasteiger partial charge in [0.25, 0.3) is 0 Å². The second-order valence-electron chi connectivity index (χ2n) is 13.6. The van der Waals surface area contributed by atoms with Gasteiger partial charge in [0.05, 0.1) is 19.2 Å². The number of nitrogens with one attached hydrogen (secondary N) is 2. The van der Waals surface area contributed by atoms with Gasteiger partial charge in [-0.15, -0.1) is 0 Å². The second-order valence-corrected chi connectivity index (χ2v) is 13.6. The number of alkyl carbamates (subject to hydrolysis) is 1. The third-order valence-corrected chi connectivity index (χ3v) is 10.2. The van der Waals surface area contributed by atoms with Gasteiger partial charge >= 0.3 is 18.0 Å². The lowest BCUT2D eigenvalue weighted by molar-refractivity contribution is -0.148. The van der Waals surface area contributed by atoms with Crippen molar-refractivity contribution in [2.45, 2.75) is 107 Å². The van der Waals surface area contributed by atoms with Crippen molar-refractivity contribution in [1.82, 2.24) is 20.5 Å². The Morgan fingerprint density at radius 2 is 1.84 bits per heavy atom. The number of benzene rings is 1. The number of pyridine rings is 1. The lowest BCUT2D eigenvalue weighted by Crippen LogP contribution is -2.56. The van der Waals surface area contributed by atoms with Gasteiger partial charge in [0.2, 0.25) is 11.8 Å². The summed E-state index contributed by atoms with van der Waals surface area (Å²) in [6, 6.07) is 4.77. The lowest BCUT2D eigenvalue weighted by Gasteiger charge is -2.29. The molecule has 3 amide bonds. The Labute approximate surface area is 284 Å². The zero-order valence-electron chi connectivity index (χ0n) is 27.9. The molecule has 13 heteroatoms. The summed E-state index contributed by atoms with van der Waals surface area (Å²) in [6.45, 7) is 1.81. The number of carbonyl (C=O) groups is 5. The number of allylic oxidation sites excluding steroid dienone is 1. The first-order valence-corrected chi connectivity index (χ1v) is 17.2. The molecule has 13 nitrogen and oxygen atoms in total. The van der Waals surface area contributed by atoms with Crippen LogP contribution in [0.5, 0.6) is 5.75 Å². The molecule has 2 aliphatic heterocycles. The molecule has 0 unspecified atom stereocenters. The molecule has 262 valence electrons. The quantitative estimate of drug-likeness (QED) is 0.297. The maximum Gasteiger partial charge on any atom is 0.408 e. The topological polar surface area (TPSA) is 173 Å². The second kappa shape index (κ2) is 14.4. The molecule has 6 rings (SSSR count). The maximum absolute atomic E-state index is 14.4. The van der Waals surface area contributed by atoms with Crippen LogP contribution in [0, 0.1) is 12.8 Å². The van der Waals surface area contributed by atoms with Crippen LogP contribution in [0.25, 0.3) is 10.9 Å². The number of carbonyl (C=O) groups excluding carboxylic acids is 4. The number of hydrogen-bond acceptors (Lipinski definition) is 9. The third-order valence-electron chi connectivity index (χ3n) is 10.2. The monoisotopic (exact) mass is 676 g/mol. The van der Waals surface area contributed by atoms with Gasteiger partial charge in [-0.1, -0.05) is 37.1 Å². The van der Waals surface area contributed by atoms with Crippen molar-refractivity contribution in [1.29, 1.82) is 0 Å². The van der Waals surface area contributed by atoms with Crippen molar-refractivity contribution in [3.8, 4) is 5.75 Å². The van der Waals surface area contributed by atoms with Crippen LogP contribution in [0.2, 0.25) is 0 Å². The number of methoxy groups -OCH3 is 1. The molecule has 5 atom stereocenters. The van der Waals surface area contributed by atoms with Crippen LogP contribution in [0.15, 0.2) is 36.4 Å². The largest absolute Gasteiger partial charge is 0.488 e. The zero-order chi connectivity index (χ0) is 34.7. The molecule has 2 aromatic rings. The van der Waals surface area contributed by atoms with Crippen molar-refractivity contribution in [2.75, 3.05) is 13.7 Å². The van der Waals surface area contributed by atoms with Crippen molar-refractivity contribution in [3.63, 3.8) is 0 Å². The first-order valence-electron chi connectivity index (χ1n) is 17.2. The summed E-state index contributed by atoms with van der Waals surface area (Å²) in [6.07, 6.45) is 9.80. The van der Waals surface area contributed by atoms with Crippen LogP contribution in [-0.4, -0.2) is 88.3 Å². The first-order chi connectivity index (χ1) is 23.6. The number of fused-ring (bicyclic) bond motifs is 3. The van der Waals surface area contributed by atoms with Gasteiger partial charge in [0.1, 0.15) is 35.6 Å². The van der Waals surface area contributed by atoms with Gasteiger partial charge in [-0.05, 0) is 69.9 Å². The molecule has 1 aromatic heterocycles. The summed E-state index contributed by atoms with van der Waals surface area (Å²) in [4.78, 5) is 72.2. The van der Waals surface area contributed by atoms with Crippen LogP contribution in [-0.2, 0) is 23.9 Å². The Morgan fingerprint density at radius 1 is 1.06 bits per heavy atom. The van der Waals surface area contributed by atoms with Crippen LogP contribution in [0.1, 0.15) is 86.7 Å². The minimum Gasteiger partial charge on any atom is -0.488 e. The van der Waals surface area contributed by atoms with Crippen LogP contribution < -0.4 is 15.4 Å². The molecule has 1 saturated heterocycles. The average molecular weight is 677 g/mol. The summed E-state index contributed by atoms with van der Waals surface area (Å²) >= 11 is 0. The number of para-hydroxylation sites is 1. The van der Waals surface area contributed by atoms with E-state index in [9.17, 15) is 29.1 Å². The molecule has 3 fully saturated rings. The highest BCUT2D eigenvalue weighted by atomic mass is 16.6. The average Bonchev–Trinajstić information content (AvgIpc) is 3.36. The van der Waals surface area contributed by atoms with Gasteiger partial charge in [0.15, 0.2) is 5.69 Å². The van der Waals surface area contributed by atoms with E-state index in [4.69, 9.17) is 14.2 Å². The predicted molar refractivity (Wildman–Crippen MR) is 177 cm³/mol. The standard InChI is InChI=1S/C36H44N4O9/c1-21-11-10-15-25-29(18-27(33(43)44)37-30(21)25)48-24-17-28-31(41)39-36(34(45)47-2)19-22(36)12-6-4-3-5-7-16-26(32(42)40(28)20-24)38-35(46)49-23-13-8-9-14-23/h6,10-12,15,18,22-24,26,28H,3-5,7-9,13-14,16-17,19-20H2,1-2H3,(H,38,46)(H,39,41)(H,43,44)/b12-6-/t22-,24+,26-,28-,36+/m0/s1. The van der Waals surface area contributed by atoms with Crippen molar-refractivity contribution < 1.29 is 43.3 Å². The van der Waals surface area contributed by atoms with Crippen LogP contribution in [0.4, 0.5) is 4.79 Å². The number of aromatic carboxylic acids is 1. The molecule has 3 heterocycles. The molecule has 3 N–H and O–H groups in total. The van der Waals surface area contributed by atoms with E-state index < -0.39 is 53.6 Å². The summed E-state index contributed by atoms with van der Waals surface area (Å²) in [7, 11) is 1.28. The number of carboxylic acid groups (broad SMARTS) is 1. The number of nitrogens with zero attached hydrogens (tertiary/aromatic N) is 2. The molecule has 2 aliphatic carbocycles. The minimum atomic E-state index is -1.24. The Morgan fingerprint density at radius 3 is 2.59 bits per heavy atom. The highest BCUT2D eigenvalue weighted by Crippen LogP contribution is 2.46. The number of hydrogen-bond donors (Lipinski definition) is 3. The predicted octanol–water partition coefficient (Wildman–Crippen LogP) is 4.20. The Bertz CT molecular complexity index is 1650. The normalized spacial score (nSPS) is 28.3. The van der Waals surface area contributed by atoms with Crippen LogP contribution in [0.3, 0.4) is 0 Å². The first kappa shape index (κ1) is 34.2. The van der Waals surface area contributed by atoms with Crippen molar-refractivity contribution in [3.05, 3.63) is 47.7 Å². The summed E-state index contributed by atoms with van der Waals surface area (Å²) < 4.78 is 17.1. The van der Waals surface area contributed by atoms with E-state index in [1.54, 1.807) is 6.07 Å². The zero-order valence-corrected chi connectivity index (χ0v) is 27.9.